The fourth-order valence-corrected chi connectivity index (χ4v) is 1.87. The first kappa shape index (κ1) is 12.1. The maximum Gasteiger partial charge on any atom is 0.283 e. The van der Waals surface area contributed by atoms with Crippen molar-refractivity contribution in [3.05, 3.63) is 61.1 Å². The zero-order valence-corrected chi connectivity index (χ0v) is 9.31. The molecule has 0 saturated carbocycles. The summed E-state index contributed by atoms with van der Waals surface area (Å²) in [4.78, 5) is 24.1. The number of rotatable bonds is 2. The Morgan fingerprint density at radius 3 is 2.56 bits per heavy atom. The molecule has 0 radical (unpaired) electrons. The van der Waals surface area contributed by atoms with E-state index >= 15 is 0 Å². The van der Waals surface area contributed by atoms with E-state index < -0.39 is 27.7 Å². The number of pyridine rings is 1. The van der Waals surface area contributed by atoms with Crippen molar-refractivity contribution in [2.75, 3.05) is 0 Å². The Kier molecular flexibility index (Phi) is 2.79. The predicted octanol–water partition coefficient (Wildman–Crippen LogP) is 0.915. The monoisotopic (exact) mass is 251 g/mol. The molecule has 0 bridgehead atoms. The lowest BCUT2D eigenvalue weighted by atomic mass is 9.93. The second kappa shape index (κ2) is 4.15. The van der Waals surface area contributed by atoms with Crippen LogP contribution >= 0.6 is 0 Å². The molecule has 2 rings (SSSR count). The standard InChI is InChI=1S/C10H9N3O5/c1-5-2-3-6-7(12(15)16)4-8(13(17)18)10(14)9(6)11-5/h2-4,7,10,14H,1H3. The summed E-state index contributed by atoms with van der Waals surface area (Å²) in [6, 6.07) is 1.67. The Bertz CT molecular complexity index is 569. The summed E-state index contributed by atoms with van der Waals surface area (Å²) < 4.78 is 0. The lowest BCUT2D eigenvalue weighted by Crippen LogP contribution is -2.24. The molecule has 18 heavy (non-hydrogen) atoms. The number of hydrogen-bond acceptors (Lipinski definition) is 6. The van der Waals surface area contributed by atoms with Crippen LogP contribution in [0.3, 0.4) is 0 Å². The fourth-order valence-electron chi connectivity index (χ4n) is 1.87. The number of nitrogens with zero attached hydrogens (tertiary/aromatic N) is 3. The molecule has 1 aromatic rings. The van der Waals surface area contributed by atoms with Crippen molar-refractivity contribution in [2.45, 2.75) is 19.1 Å². The van der Waals surface area contributed by atoms with Crippen LogP contribution in [0, 0.1) is 27.2 Å². The first-order chi connectivity index (χ1) is 8.41. The van der Waals surface area contributed by atoms with Crippen LogP contribution in [0.5, 0.6) is 0 Å². The maximum absolute atomic E-state index is 10.9. The average molecular weight is 251 g/mol. The van der Waals surface area contributed by atoms with Crippen molar-refractivity contribution in [1.82, 2.24) is 4.98 Å². The SMILES string of the molecule is Cc1ccc2c(n1)C(O)C([N+](=O)[O-])=CC2[N+](=O)[O-]. The molecule has 1 N–H and O–H groups in total. The Morgan fingerprint density at radius 2 is 2.00 bits per heavy atom. The highest BCUT2D eigenvalue weighted by atomic mass is 16.6. The van der Waals surface area contributed by atoms with Gasteiger partial charge in [0.25, 0.3) is 11.7 Å². The molecular weight excluding hydrogens is 242 g/mol. The summed E-state index contributed by atoms with van der Waals surface area (Å²) in [5, 5.41) is 31.5. The number of aryl methyl sites for hydroxylation is 1. The largest absolute Gasteiger partial charge is 0.376 e. The normalized spacial score (nSPS) is 22.0. The zero-order valence-electron chi connectivity index (χ0n) is 9.31. The van der Waals surface area contributed by atoms with Crippen LogP contribution in [0.1, 0.15) is 29.1 Å². The lowest BCUT2D eigenvalue weighted by molar-refractivity contribution is -0.520. The second-order valence-corrected chi connectivity index (χ2v) is 3.91. The molecule has 1 aliphatic carbocycles. The summed E-state index contributed by atoms with van der Waals surface area (Å²) in [5.74, 6) is 0. The molecule has 0 aromatic carbocycles. The highest BCUT2D eigenvalue weighted by molar-refractivity contribution is 5.36. The summed E-state index contributed by atoms with van der Waals surface area (Å²) in [5.41, 5.74) is 0.0800. The Balaban J connectivity index is 2.63. The first-order valence-electron chi connectivity index (χ1n) is 5.07. The molecule has 8 nitrogen and oxygen atoms in total. The van der Waals surface area contributed by atoms with Crippen molar-refractivity contribution < 1.29 is 15.0 Å². The molecule has 0 amide bonds. The van der Waals surface area contributed by atoms with E-state index in [1.807, 2.05) is 0 Å². The topological polar surface area (TPSA) is 119 Å². The molecule has 94 valence electrons. The predicted molar refractivity (Wildman–Crippen MR) is 58.7 cm³/mol. The minimum Gasteiger partial charge on any atom is -0.376 e. The lowest BCUT2D eigenvalue weighted by Gasteiger charge is -2.19. The molecule has 0 fully saturated rings. The van der Waals surface area contributed by atoms with E-state index in [0.29, 0.717) is 5.69 Å². The van der Waals surface area contributed by atoms with Crippen LogP contribution in [-0.4, -0.2) is 19.9 Å². The maximum atomic E-state index is 10.9. The number of fused-ring (bicyclic) bond motifs is 1. The van der Waals surface area contributed by atoms with E-state index in [2.05, 4.69) is 4.98 Å². The molecule has 0 aliphatic heterocycles. The van der Waals surface area contributed by atoms with Crippen LogP contribution in [-0.2, 0) is 0 Å². The summed E-state index contributed by atoms with van der Waals surface area (Å²) in [6.45, 7) is 1.64. The van der Waals surface area contributed by atoms with Gasteiger partial charge in [0.15, 0.2) is 6.10 Å². The number of aliphatic hydroxyl groups excluding tert-OH is 1. The van der Waals surface area contributed by atoms with E-state index in [1.54, 1.807) is 13.0 Å². The molecule has 2 unspecified atom stereocenters. The van der Waals surface area contributed by atoms with Crippen molar-refractivity contribution in [2.24, 2.45) is 0 Å². The first-order valence-corrected chi connectivity index (χ1v) is 5.07. The van der Waals surface area contributed by atoms with Crippen LogP contribution in [0.2, 0.25) is 0 Å². The Labute approximate surface area is 101 Å². The molecule has 1 aliphatic rings. The quantitative estimate of drug-likeness (QED) is 0.616. The van der Waals surface area contributed by atoms with Gasteiger partial charge in [0.05, 0.1) is 22.3 Å². The average Bonchev–Trinajstić information content (AvgIpc) is 2.29. The van der Waals surface area contributed by atoms with E-state index in [9.17, 15) is 25.3 Å². The molecule has 0 saturated heterocycles. The molecule has 1 heterocycles. The third kappa shape index (κ3) is 1.82. The molecule has 1 aromatic heterocycles. The van der Waals surface area contributed by atoms with Gasteiger partial charge in [-0.3, -0.25) is 25.2 Å². The van der Waals surface area contributed by atoms with E-state index in [4.69, 9.17) is 0 Å². The smallest absolute Gasteiger partial charge is 0.283 e. The van der Waals surface area contributed by atoms with Crippen LogP contribution in [0.25, 0.3) is 0 Å². The molecule has 8 heteroatoms. The minimum atomic E-state index is -1.54. The van der Waals surface area contributed by atoms with Gasteiger partial charge in [-0.1, -0.05) is 0 Å². The van der Waals surface area contributed by atoms with Gasteiger partial charge in [-0.05, 0) is 19.1 Å². The molecule has 0 spiro atoms. The third-order valence-corrected chi connectivity index (χ3v) is 2.72. The Morgan fingerprint density at radius 1 is 1.33 bits per heavy atom. The third-order valence-electron chi connectivity index (χ3n) is 2.72. The van der Waals surface area contributed by atoms with Crippen LogP contribution in [0.4, 0.5) is 0 Å². The van der Waals surface area contributed by atoms with Gasteiger partial charge in [0.1, 0.15) is 0 Å². The number of hydrogen-bond donors (Lipinski definition) is 1. The summed E-state index contributed by atoms with van der Waals surface area (Å²) in [7, 11) is 0. The zero-order chi connectivity index (χ0) is 13.4. The van der Waals surface area contributed by atoms with Crippen molar-refractivity contribution in [3.8, 4) is 0 Å². The Hall–Kier alpha value is -2.35. The highest BCUT2D eigenvalue weighted by Crippen LogP contribution is 2.36. The van der Waals surface area contributed by atoms with E-state index in [1.165, 1.54) is 6.07 Å². The number of aromatic nitrogens is 1. The van der Waals surface area contributed by atoms with E-state index in [-0.39, 0.29) is 11.3 Å². The van der Waals surface area contributed by atoms with Gasteiger partial charge in [0, 0.05) is 10.6 Å². The highest BCUT2D eigenvalue weighted by Gasteiger charge is 2.40. The summed E-state index contributed by atoms with van der Waals surface area (Å²) >= 11 is 0. The van der Waals surface area contributed by atoms with Gasteiger partial charge in [-0.25, -0.2) is 0 Å². The van der Waals surface area contributed by atoms with Crippen LogP contribution < -0.4 is 0 Å². The van der Waals surface area contributed by atoms with Gasteiger partial charge >= 0.3 is 0 Å². The van der Waals surface area contributed by atoms with Crippen LogP contribution in [0.15, 0.2) is 23.9 Å². The van der Waals surface area contributed by atoms with Gasteiger partial charge in [-0.15, -0.1) is 0 Å². The summed E-state index contributed by atoms with van der Waals surface area (Å²) in [6.07, 6.45) is -0.685. The van der Waals surface area contributed by atoms with E-state index in [0.717, 1.165) is 6.08 Å². The fraction of sp³-hybridized carbons (Fsp3) is 0.300. The van der Waals surface area contributed by atoms with Gasteiger partial charge in [-0.2, -0.15) is 0 Å². The van der Waals surface area contributed by atoms with Gasteiger partial charge < -0.3 is 5.11 Å². The molecular formula is C10H9N3O5. The second-order valence-electron chi connectivity index (χ2n) is 3.91. The molecule has 2 atom stereocenters. The number of nitro groups is 2. The number of aliphatic hydroxyl groups is 1. The minimum absolute atomic E-state index is 0.0223. The van der Waals surface area contributed by atoms with Gasteiger partial charge in [0.2, 0.25) is 0 Å². The van der Waals surface area contributed by atoms with Crippen molar-refractivity contribution in [3.63, 3.8) is 0 Å². The van der Waals surface area contributed by atoms with Crippen molar-refractivity contribution >= 4 is 0 Å². The van der Waals surface area contributed by atoms with Crippen molar-refractivity contribution in [1.29, 1.82) is 0 Å².